The Bertz CT molecular complexity index is 1100. The van der Waals surface area contributed by atoms with E-state index in [4.69, 9.17) is 4.74 Å². The average Bonchev–Trinajstić information content (AvgIpc) is 2.53. The summed E-state index contributed by atoms with van der Waals surface area (Å²) >= 11 is 0. The van der Waals surface area contributed by atoms with Gasteiger partial charge in [-0.15, -0.1) is 0 Å². The molecule has 0 aliphatic carbocycles. The average molecular weight is 291 g/mol. The van der Waals surface area contributed by atoms with Gasteiger partial charge in [-0.05, 0) is 16.8 Å². The number of phenolic OH excluding ortho intramolecular Hbond substituents is 1. The van der Waals surface area contributed by atoms with Crippen LogP contribution in [0.4, 0.5) is 0 Å². The maximum Gasteiger partial charge on any atom is 0.201 e. The van der Waals surface area contributed by atoms with Gasteiger partial charge in [0, 0.05) is 12.1 Å². The van der Waals surface area contributed by atoms with Gasteiger partial charge >= 0.3 is 0 Å². The highest BCUT2D eigenvalue weighted by atomic mass is 16.5. The van der Waals surface area contributed by atoms with E-state index in [2.05, 4.69) is 4.98 Å². The molecule has 0 saturated heterocycles. The van der Waals surface area contributed by atoms with Gasteiger partial charge in [-0.2, -0.15) is 0 Å². The van der Waals surface area contributed by atoms with Crippen molar-refractivity contribution in [3.8, 4) is 11.5 Å². The Labute approximate surface area is 125 Å². The Morgan fingerprint density at radius 2 is 1.82 bits per heavy atom. The molecule has 1 aromatic heterocycles. The Morgan fingerprint density at radius 3 is 2.64 bits per heavy atom. The van der Waals surface area contributed by atoms with Crippen molar-refractivity contribution >= 4 is 32.6 Å². The molecule has 0 unspecified atom stereocenters. The minimum absolute atomic E-state index is 0.0783. The smallest absolute Gasteiger partial charge is 0.201 e. The second-order valence-electron chi connectivity index (χ2n) is 5.23. The van der Waals surface area contributed by atoms with E-state index in [-0.39, 0.29) is 16.6 Å². The minimum atomic E-state index is -0.180. The number of hydrogen-bond donors (Lipinski definition) is 2. The highest BCUT2D eigenvalue weighted by Crippen LogP contribution is 2.30. The molecule has 4 aromatic rings. The number of ether oxygens (including phenoxy) is 1. The predicted octanol–water partition coefficient (Wildman–Crippen LogP) is 3.55. The molecule has 1 heterocycles. The molecule has 3 aromatic carbocycles. The number of fused-ring (bicyclic) bond motifs is 4. The van der Waals surface area contributed by atoms with Gasteiger partial charge in [0.25, 0.3) is 0 Å². The van der Waals surface area contributed by atoms with Crippen molar-refractivity contribution < 1.29 is 9.84 Å². The second-order valence-corrected chi connectivity index (χ2v) is 5.23. The molecule has 0 bridgehead atoms. The number of rotatable bonds is 1. The molecule has 0 aliphatic rings. The third-order valence-electron chi connectivity index (χ3n) is 3.98. The lowest BCUT2D eigenvalue weighted by Gasteiger charge is -2.09. The number of aromatic nitrogens is 1. The molecular weight excluding hydrogens is 278 g/mol. The van der Waals surface area contributed by atoms with Crippen LogP contribution in [0.3, 0.4) is 0 Å². The van der Waals surface area contributed by atoms with Gasteiger partial charge in [0.05, 0.1) is 28.9 Å². The van der Waals surface area contributed by atoms with Crippen molar-refractivity contribution in [2.45, 2.75) is 0 Å². The fourth-order valence-corrected chi connectivity index (χ4v) is 2.95. The Hall–Kier alpha value is -3.01. The van der Waals surface area contributed by atoms with Gasteiger partial charge < -0.3 is 14.8 Å². The SMILES string of the molecule is COc1cc(O)c2c(=O)c3c(ccc4ccccc43)[nH]c2c1. The first kappa shape index (κ1) is 12.7. The largest absolute Gasteiger partial charge is 0.507 e. The number of methoxy groups -OCH3 is 1. The zero-order valence-electron chi connectivity index (χ0n) is 11.9. The summed E-state index contributed by atoms with van der Waals surface area (Å²) in [6, 6.07) is 14.7. The van der Waals surface area contributed by atoms with Crippen molar-refractivity contribution in [1.29, 1.82) is 0 Å². The van der Waals surface area contributed by atoms with Crippen LogP contribution in [0.2, 0.25) is 0 Å². The number of H-pyrrole nitrogens is 1. The number of hydrogen-bond acceptors (Lipinski definition) is 3. The zero-order chi connectivity index (χ0) is 15.3. The highest BCUT2D eigenvalue weighted by molar-refractivity contribution is 6.10. The van der Waals surface area contributed by atoms with E-state index in [9.17, 15) is 9.90 Å². The van der Waals surface area contributed by atoms with Gasteiger partial charge in [0.2, 0.25) is 5.43 Å². The fourth-order valence-electron chi connectivity index (χ4n) is 2.95. The molecule has 2 N–H and O–H groups in total. The zero-order valence-corrected chi connectivity index (χ0v) is 11.9. The summed E-state index contributed by atoms with van der Waals surface area (Å²) in [5.41, 5.74) is 1.12. The molecule has 22 heavy (non-hydrogen) atoms. The topological polar surface area (TPSA) is 62.3 Å². The first-order valence-corrected chi connectivity index (χ1v) is 6.93. The minimum Gasteiger partial charge on any atom is -0.507 e. The molecule has 0 aliphatic heterocycles. The van der Waals surface area contributed by atoms with Crippen LogP contribution in [0.25, 0.3) is 32.6 Å². The lowest BCUT2D eigenvalue weighted by molar-refractivity contribution is 0.409. The molecule has 4 nitrogen and oxygen atoms in total. The molecule has 108 valence electrons. The van der Waals surface area contributed by atoms with Crippen LogP contribution in [-0.2, 0) is 0 Å². The third-order valence-corrected chi connectivity index (χ3v) is 3.98. The van der Waals surface area contributed by atoms with E-state index in [1.807, 2.05) is 36.4 Å². The maximum absolute atomic E-state index is 12.9. The van der Waals surface area contributed by atoms with E-state index in [1.165, 1.54) is 13.2 Å². The summed E-state index contributed by atoms with van der Waals surface area (Å²) in [5.74, 6) is 0.422. The molecule has 4 heteroatoms. The number of nitrogens with one attached hydrogen (secondary N) is 1. The van der Waals surface area contributed by atoms with E-state index >= 15 is 0 Å². The number of pyridine rings is 1. The van der Waals surface area contributed by atoms with E-state index < -0.39 is 0 Å². The summed E-state index contributed by atoms with van der Waals surface area (Å²) in [6.07, 6.45) is 0. The van der Waals surface area contributed by atoms with Crippen LogP contribution in [0.1, 0.15) is 0 Å². The number of phenols is 1. The summed E-state index contributed by atoms with van der Waals surface area (Å²) in [4.78, 5) is 16.1. The van der Waals surface area contributed by atoms with Crippen molar-refractivity contribution in [2.24, 2.45) is 0 Å². The van der Waals surface area contributed by atoms with Crippen LogP contribution in [0.5, 0.6) is 11.5 Å². The number of aromatic amines is 1. The van der Waals surface area contributed by atoms with Crippen LogP contribution < -0.4 is 10.2 Å². The van der Waals surface area contributed by atoms with Crippen molar-refractivity contribution in [3.05, 3.63) is 58.8 Å². The standard InChI is InChI=1S/C18H13NO3/c1-22-11-8-14-17(15(20)9-11)18(21)16-12-5-3-2-4-10(12)6-7-13(16)19-14/h2-9,20H,1H3,(H,19,21). The molecule has 0 amide bonds. The predicted molar refractivity (Wildman–Crippen MR) is 87.8 cm³/mol. The second kappa shape index (κ2) is 4.49. The van der Waals surface area contributed by atoms with Crippen molar-refractivity contribution in [2.75, 3.05) is 7.11 Å². The van der Waals surface area contributed by atoms with Gasteiger partial charge in [-0.3, -0.25) is 4.79 Å². The third kappa shape index (κ3) is 1.67. The summed E-state index contributed by atoms with van der Waals surface area (Å²) < 4.78 is 5.14. The lowest BCUT2D eigenvalue weighted by Crippen LogP contribution is -2.05. The van der Waals surface area contributed by atoms with Gasteiger partial charge in [-0.1, -0.05) is 30.3 Å². The molecule has 0 atom stereocenters. The molecule has 4 rings (SSSR count). The van der Waals surface area contributed by atoms with Gasteiger partial charge in [-0.25, -0.2) is 0 Å². The number of benzene rings is 3. The maximum atomic E-state index is 12.9. The first-order chi connectivity index (χ1) is 10.7. The van der Waals surface area contributed by atoms with Gasteiger partial charge in [0.1, 0.15) is 11.5 Å². The molecule has 0 fully saturated rings. The Morgan fingerprint density at radius 1 is 1.00 bits per heavy atom. The van der Waals surface area contributed by atoms with Crippen molar-refractivity contribution in [1.82, 2.24) is 4.98 Å². The fraction of sp³-hybridized carbons (Fsp3) is 0.0556. The number of aromatic hydroxyl groups is 1. The van der Waals surface area contributed by atoms with E-state index in [0.29, 0.717) is 16.7 Å². The summed E-state index contributed by atoms with van der Waals surface area (Å²) in [6.45, 7) is 0. The van der Waals surface area contributed by atoms with Crippen LogP contribution in [0.15, 0.2) is 53.3 Å². The monoisotopic (exact) mass is 291 g/mol. The lowest BCUT2D eigenvalue weighted by atomic mass is 10.0. The molecular formula is C18H13NO3. The van der Waals surface area contributed by atoms with Crippen molar-refractivity contribution in [3.63, 3.8) is 0 Å². The quantitative estimate of drug-likeness (QED) is 0.416. The van der Waals surface area contributed by atoms with Crippen LogP contribution in [0, 0.1) is 0 Å². The van der Waals surface area contributed by atoms with E-state index in [1.54, 1.807) is 6.07 Å². The highest BCUT2D eigenvalue weighted by Gasteiger charge is 2.13. The van der Waals surface area contributed by atoms with Crippen LogP contribution in [-0.4, -0.2) is 17.2 Å². The first-order valence-electron chi connectivity index (χ1n) is 6.93. The Balaban J connectivity index is 2.28. The van der Waals surface area contributed by atoms with E-state index in [0.717, 1.165) is 16.3 Å². The molecule has 0 radical (unpaired) electrons. The summed E-state index contributed by atoms with van der Waals surface area (Å²) in [5, 5.41) is 12.9. The summed E-state index contributed by atoms with van der Waals surface area (Å²) in [7, 11) is 1.52. The Kier molecular flexibility index (Phi) is 2.60. The van der Waals surface area contributed by atoms with Gasteiger partial charge in [0.15, 0.2) is 0 Å². The van der Waals surface area contributed by atoms with Crippen LogP contribution >= 0.6 is 0 Å². The normalized spacial score (nSPS) is 11.3. The molecule has 0 spiro atoms. The molecule has 0 saturated carbocycles.